The van der Waals surface area contributed by atoms with Crippen molar-refractivity contribution < 1.29 is 5.11 Å². The molecule has 0 aromatic carbocycles. The quantitative estimate of drug-likeness (QED) is 0.462. The third-order valence-corrected chi connectivity index (χ3v) is 3.91. The molecule has 2 fully saturated rings. The topological polar surface area (TPSA) is 73.3 Å². The van der Waals surface area contributed by atoms with Gasteiger partial charge in [-0.1, -0.05) is 0 Å². The Morgan fingerprint density at radius 3 is 2.56 bits per heavy atom. The van der Waals surface area contributed by atoms with Gasteiger partial charge in [-0.05, 0) is 44.1 Å². The molecule has 2 aliphatic carbocycles. The van der Waals surface area contributed by atoms with Crippen molar-refractivity contribution in [2.24, 2.45) is 17.1 Å². The van der Waals surface area contributed by atoms with E-state index in [1.54, 1.807) is 0 Å². The molecule has 4 nitrogen and oxygen atoms in total. The molecule has 0 unspecified atom stereocenters. The summed E-state index contributed by atoms with van der Waals surface area (Å²) in [6.07, 6.45) is 5.05. The first kappa shape index (κ1) is 11.9. The average Bonchev–Trinajstić information content (AvgIpc) is 2.80. The highest BCUT2D eigenvalue weighted by atomic mass is 16.3. The number of nitrogens with zero attached hydrogens (tertiary/aromatic N) is 1. The molecule has 0 saturated heterocycles. The minimum atomic E-state index is -0.0505. The zero-order chi connectivity index (χ0) is 11.8. The van der Waals surface area contributed by atoms with Crippen molar-refractivity contribution in [3.05, 3.63) is 0 Å². The maximum absolute atomic E-state index is 9.23. The van der Waals surface area contributed by atoms with Gasteiger partial charge in [-0.2, -0.15) is 0 Å². The van der Waals surface area contributed by atoms with E-state index in [0.29, 0.717) is 17.2 Å². The highest BCUT2D eigenvalue weighted by Gasteiger charge is 2.44. The van der Waals surface area contributed by atoms with Gasteiger partial charge in [-0.25, -0.2) is 0 Å². The zero-order valence-electron chi connectivity index (χ0n) is 10.1. The second-order valence-electron chi connectivity index (χ2n) is 5.89. The number of amidine groups is 1. The molecule has 92 valence electrons. The third-order valence-electron chi connectivity index (χ3n) is 3.91. The highest BCUT2D eigenvalue weighted by molar-refractivity contribution is 5.78. The van der Waals surface area contributed by atoms with Crippen LogP contribution in [-0.2, 0) is 0 Å². The molecule has 0 radical (unpaired) electrons. The van der Waals surface area contributed by atoms with E-state index in [2.05, 4.69) is 11.9 Å². The second kappa shape index (κ2) is 4.34. The van der Waals surface area contributed by atoms with Gasteiger partial charge in [0.1, 0.15) is 0 Å². The van der Waals surface area contributed by atoms with E-state index in [1.807, 2.05) is 0 Å². The van der Waals surface area contributed by atoms with Gasteiger partial charge in [0.2, 0.25) is 0 Å². The van der Waals surface area contributed by atoms with E-state index in [9.17, 15) is 5.11 Å². The molecule has 0 amide bonds. The van der Waals surface area contributed by atoms with E-state index in [1.165, 1.54) is 12.8 Å². The molecule has 16 heavy (non-hydrogen) atoms. The van der Waals surface area contributed by atoms with Gasteiger partial charge >= 0.3 is 0 Å². The van der Waals surface area contributed by atoms with Gasteiger partial charge < -0.3 is 15.7 Å². The van der Waals surface area contributed by atoms with Crippen molar-refractivity contribution in [3.63, 3.8) is 0 Å². The molecule has 4 N–H and O–H groups in total. The second-order valence-corrected chi connectivity index (χ2v) is 5.89. The molecule has 0 spiro atoms. The van der Waals surface area contributed by atoms with Crippen molar-refractivity contribution in [2.75, 3.05) is 20.1 Å². The van der Waals surface area contributed by atoms with Crippen LogP contribution in [0.2, 0.25) is 0 Å². The minimum Gasteiger partial charge on any atom is -0.393 e. The highest BCUT2D eigenvalue weighted by Crippen LogP contribution is 2.49. The first-order chi connectivity index (χ1) is 7.49. The summed E-state index contributed by atoms with van der Waals surface area (Å²) < 4.78 is 0. The van der Waals surface area contributed by atoms with Crippen LogP contribution in [0.25, 0.3) is 0 Å². The van der Waals surface area contributed by atoms with Gasteiger partial charge in [-0.15, -0.1) is 0 Å². The van der Waals surface area contributed by atoms with Crippen molar-refractivity contribution >= 4 is 5.84 Å². The maximum Gasteiger partial charge on any atom is 0.0911 e. The smallest absolute Gasteiger partial charge is 0.0911 e. The van der Waals surface area contributed by atoms with Crippen molar-refractivity contribution in [2.45, 2.75) is 38.2 Å². The lowest BCUT2D eigenvalue weighted by Gasteiger charge is -2.35. The number of nitrogens with one attached hydrogen (secondary N) is 1. The monoisotopic (exact) mass is 225 g/mol. The lowest BCUT2D eigenvalue weighted by molar-refractivity contribution is 0.0259. The average molecular weight is 225 g/mol. The summed E-state index contributed by atoms with van der Waals surface area (Å²) in [5, 5.41) is 16.6. The zero-order valence-corrected chi connectivity index (χ0v) is 10.1. The fourth-order valence-electron chi connectivity index (χ4n) is 2.90. The Balaban J connectivity index is 1.70. The first-order valence-corrected chi connectivity index (χ1v) is 6.19. The van der Waals surface area contributed by atoms with Crippen LogP contribution in [0.15, 0.2) is 0 Å². The normalized spacial score (nSPS) is 31.2. The molecule has 2 aliphatic rings. The summed E-state index contributed by atoms with van der Waals surface area (Å²) in [5.41, 5.74) is 5.79. The van der Waals surface area contributed by atoms with Crippen molar-refractivity contribution in [1.82, 2.24) is 4.90 Å². The summed E-state index contributed by atoms with van der Waals surface area (Å²) in [7, 11) is 2.14. The minimum absolute atomic E-state index is 0.0505. The summed E-state index contributed by atoms with van der Waals surface area (Å²) in [6, 6.07) is 0. The molecular weight excluding hydrogens is 202 g/mol. The number of hydrogen-bond acceptors (Lipinski definition) is 3. The van der Waals surface area contributed by atoms with Gasteiger partial charge in [-0.3, -0.25) is 5.41 Å². The Morgan fingerprint density at radius 2 is 2.12 bits per heavy atom. The van der Waals surface area contributed by atoms with Crippen molar-refractivity contribution in [1.29, 1.82) is 5.41 Å². The van der Waals surface area contributed by atoms with E-state index < -0.39 is 0 Å². The number of hydrogen-bond donors (Lipinski definition) is 3. The summed E-state index contributed by atoms with van der Waals surface area (Å²) in [6.45, 7) is 2.13. The lowest BCUT2D eigenvalue weighted by atomic mass is 9.82. The molecule has 0 bridgehead atoms. The van der Waals surface area contributed by atoms with Crippen LogP contribution >= 0.6 is 0 Å². The molecule has 0 aromatic heterocycles. The predicted molar refractivity (Wildman–Crippen MR) is 64.4 cm³/mol. The fraction of sp³-hybridized carbons (Fsp3) is 0.917. The summed E-state index contributed by atoms with van der Waals surface area (Å²) >= 11 is 0. The van der Waals surface area contributed by atoms with Crippen LogP contribution in [0.5, 0.6) is 0 Å². The van der Waals surface area contributed by atoms with E-state index in [4.69, 9.17) is 11.1 Å². The van der Waals surface area contributed by atoms with E-state index in [0.717, 1.165) is 32.4 Å². The summed E-state index contributed by atoms with van der Waals surface area (Å²) in [5.74, 6) is 0.998. The van der Waals surface area contributed by atoms with Crippen LogP contribution in [0.1, 0.15) is 32.1 Å². The number of aliphatic hydroxyl groups excluding tert-OH is 1. The van der Waals surface area contributed by atoms with Crippen LogP contribution in [0.3, 0.4) is 0 Å². The lowest BCUT2D eigenvalue weighted by Crippen LogP contribution is -2.39. The van der Waals surface area contributed by atoms with Crippen LogP contribution in [0.4, 0.5) is 0 Å². The molecule has 4 heteroatoms. The maximum atomic E-state index is 9.23. The molecular formula is C12H23N3O. The van der Waals surface area contributed by atoms with Crippen molar-refractivity contribution in [3.8, 4) is 0 Å². The van der Waals surface area contributed by atoms with Crippen LogP contribution in [-0.4, -0.2) is 42.1 Å². The summed E-state index contributed by atoms with van der Waals surface area (Å²) in [4.78, 5) is 2.35. The molecule has 0 aliphatic heterocycles. The Hall–Kier alpha value is -0.610. The van der Waals surface area contributed by atoms with Gasteiger partial charge in [0, 0.05) is 19.5 Å². The van der Waals surface area contributed by atoms with Gasteiger partial charge in [0.05, 0.1) is 11.9 Å². The van der Waals surface area contributed by atoms with Crippen LogP contribution in [0, 0.1) is 16.7 Å². The molecule has 2 saturated carbocycles. The molecule has 2 rings (SSSR count). The molecule has 0 aromatic rings. The largest absolute Gasteiger partial charge is 0.393 e. The fourth-order valence-corrected chi connectivity index (χ4v) is 2.90. The molecule has 0 atom stereocenters. The Labute approximate surface area is 97.3 Å². The standard InChI is InChI=1S/C12H23N3O/c1-15(7-9-4-10(16)5-9)8-12(2-3-12)6-11(13)14/h9-10,16H,2-8H2,1H3,(H3,13,14). The number of rotatable bonds is 6. The predicted octanol–water partition coefficient (Wildman–Crippen LogP) is 0.795. The Kier molecular flexibility index (Phi) is 3.22. The Morgan fingerprint density at radius 1 is 1.50 bits per heavy atom. The SMILES string of the molecule is CN(CC1CC(O)C1)CC1(CC(=N)N)CC1. The van der Waals surface area contributed by atoms with E-state index >= 15 is 0 Å². The number of nitrogens with two attached hydrogens (primary N) is 1. The third kappa shape index (κ3) is 2.95. The van der Waals surface area contributed by atoms with E-state index in [-0.39, 0.29) is 6.10 Å². The first-order valence-electron chi connectivity index (χ1n) is 6.19. The van der Waals surface area contributed by atoms with Gasteiger partial charge in [0.15, 0.2) is 0 Å². The van der Waals surface area contributed by atoms with Crippen LogP contribution < -0.4 is 5.73 Å². The van der Waals surface area contributed by atoms with Gasteiger partial charge in [0.25, 0.3) is 0 Å². The Bertz CT molecular complexity index is 269. The molecule has 0 heterocycles. The number of aliphatic hydroxyl groups is 1.